The van der Waals surface area contributed by atoms with Gasteiger partial charge < -0.3 is 10.6 Å². The molecule has 2 aromatic carbocycles. The zero-order chi connectivity index (χ0) is 30.1. The summed E-state index contributed by atoms with van der Waals surface area (Å²) in [5, 5.41) is 28.0. The molecule has 0 unspecified atom stereocenters. The van der Waals surface area contributed by atoms with Crippen molar-refractivity contribution in [1.82, 2.24) is 35.3 Å². The van der Waals surface area contributed by atoms with Gasteiger partial charge in [-0.25, -0.2) is 4.68 Å². The molecule has 41 heavy (non-hydrogen) atoms. The van der Waals surface area contributed by atoms with E-state index in [1.165, 1.54) is 37.4 Å². The van der Waals surface area contributed by atoms with Gasteiger partial charge in [-0.3, -0.25) is 9.59 Å². The van der Waals surface area contributed by atoms with Gasteiger partial charge in [0.25, 0.3) is 17.6 Å². The van der Waals surface area contributed by atoms with E-state index >= 15 is 0 Å². The number of para-hydroxylation sites is 1. The second-order valence-electron chi connectivity index (χ2n) is 8.46. The van der Waals surface area contributed by atoms with E-state index in [0.717, 1.165) is 4.68 Å². The first-order valence-electron chi connectivity index (χ1n) is 11.4. The van der Waals surface area contributed by atoms with E-state index in [2.05, 4.69) is 31.1 Å². The monoisotopic (exact) mass is 593 g/mol. The van der Waals surface area contributed by atoms with Crippen LogP contribution in [0.1, 0.15) is 43.5 Å². The SMILES string of the molecule is CNC(=O)c1cc(C#N)cc(C)c1NC(=O)c1cc(Cn2nnc(C(F)(F)C(F)(F)F)n2)nn1-c1ccccc1Cl. The summed E-state index contributed by atoms with van der Waals surface area (Å²) in [7, 11) is 1.37. The number of rotatable bonds is 7. The van der Waals surface area contributed by atoms with E-state index in [1.54, 1.807) is 19.1 Å². The van der Waals surface area contributed by atoms with Crippen LogP contribution in [-0.4, -0.2) is 55.0 Å². The van der Waals surface area contributed by atoms with Gasteiger partial charge in [0.05, 0.1) is 39.3 Å². The minimum Gasteiger partial charge on any atom is -0.355 e. The molecule has 2 N–H and O–H groups in total. The molecule has 0 aliphatic heterocycles. The zero-order valence-corrected chi connectivity index (χ0v) is 21.7. The third kappa shape index (κ3) is 5.70. The van der Waals surface area contributed by atoms with Crippen molar-refractivity contribution in [2.24, 2.45) is 0 Å². The summed E-state index contributed by atoms with van der Waals surface area (Å²) in [4.78, 5) is 26.5. The van der Waals surface area contributed by atoms with Crippen LogP contribution in [0, 0.1) is 18.3 Å². The first-order valence-corrected chi connectivity index (χ1v) is 11.8. The topological polar surface area (TPSA) is 143 Å². The summed E-state index contributed by atoms with van der Waals surface area (Å²) in [5.41, 5.74) is 0.719. The second kappa shape index (κ2) is 10.9. The second-order valence-corrected chi connectivity index (χ2v) is 8.87. The number of carbonyl (C=O) groups is 2. The lowest BCUT2D eigenvalue weighted by molar-refractivity contribution is -0.292. The maximum absolute atomic E-state index is 13.6. The summed E-state index contributed by atoms with van der Waals surface area (Å²) in [5.74, 6) is -8.57. The van der Waals surface area contributed by atoms with Crippen LogP contribution in [-0.2, 0) is 12.5 Å². The summed E-state index contributed by atoms with van der Waals surface area (Å²) >= 11 is 6.30. The smallest absolute Gasteiger partial charge is 0.355 e. The molecule has 0 aliphatic carbocycles. The van der Waals surface area contributed by atoms with Gasteiger partial charge in [0, 0.05) is 7.05 Å². The molecule has 17 heteroatoms. The molecule has 11 nitrogen and oxygen atoms in total. The van der Waals surface area contributed by atoms with Crippen LogP contribution in [0.25, 0.3) is 5.69 Å². The highest BCUT2D eigenvalue weighted by molar-refractivity contribution is 6.32. The first-order chi connectivity index (χ1) is 19.3. The molecule has 0 bridgehead atoms. The molecule has 4 aromatic rings. The molecule has 0 fully saturated rings. The molecule has 212 valence electrons. The standard InChI is InChI=1S/C24H17ClF5N9O2/c1-12-7-13(10-31)8-15(20(40)32-2)19(12)33-21(41)18-9-14(35-39(18)17-6-4-3-5-16(17)25)11-38-36-22(34-37-38)23(26,27)24(28,29)30/h3-9H,11H2,1-2H3,(H,32,40)(H,33,41). The lowest BCUT2D eigenvalue weighted by atomic mass is 10.0. The van der Waals surface area contributed by atoms with Crippen molar-refractivity contribution in [1.29, 1.82) is 5.26 Å². The van der Waals surface area contributed by atoms with E-state index in [4.69, 9.17) is 11.6 Å². The zero-order valence-electron chi connectivity index (χ0n) is 21.0. The Morgan fingerprint density at radius 3 is 2.41 bits per heavy atom. The minimum atomic E-state index is -5.94. The molecule has 2 heterocycles. The number of anilines is 1. The number of tetrazole rings is 1. The highest BCUT2D eigenvalue weighted by Gasteiger charge is 2.62. The van der Waals surface area contributed by atoms with Gasteiger partial charge in [-0.2, -0.15) is 37.1 Å². The maximum Gasteiger partial charge on any atom is 0.461 e. The Morgan fingerprint density at radius 1 is 1.07 bits per heavy atom. The predicted octanol–water partition coefficient (Wildman–Crippen LogP) is 4.01. The van der Waals surface area contributed by atoms with Crippen LogP contribution in [0.15, 0.2) is 42.5 Å². The molecule has 0 atom stereocenters. The quantitative estimate of drug-likeness (QED) is 0.308. The molecule has 2 aromatic heterocycles. The van der Waals surface area contributed by atoms with Gasteiger partial charge in [0.15, 0.2) is 0 Å². The fourth-order valence-corrected chi connectivity index (χ4v) is 3.91. The number of aryl methyl sites for hydroxylation is 1. The number of alkyl halides is 5. The Bertz CT molecular complexity index is 1690. The van der Waals surface area contributed by atoms with E-state index in [0.29, 0.717) is 10.4 Å². The number of benzene rings is 2. The number of nitrogens with zero attached hydrogens (tertiary/aromatic N) is 7. The average Bonchev–Trinajstić information content (AvgIpc) is 3.56. The number of aromatic nitrogens is 6. The Balaban J connectivity index is 1.75. The molecular weight excluding hydrogens is 577 g/mol. The van der Waals surface area contributed by atoms with Crippen molar-refractivity contribution < 1.29 is 31.5 Å². The molecular formula is C24H17ClF5N9O2. The molecule has 0 saturated carbocycles. The normalized spacial score (nSPS) is 11.7. The minimum absolute atomic E-state index is 0.00590. The molecule has 2 amide bonds. The van der Waals surface area contributed by atoms with Gasteiger partial charge in [-0.05, 0) is 48.0 Å². The Morgan fingerprint density at radius 2 is 1.78 bits per heavy atom. The predicted molar refractivity (Wildman–Crippen MR) is 133 cm³/mol. The van der Waals surface area contributed by atoms with Gasteiger partial charge in [0.2, 0.25) is 0 Å². The average molecular weight is 594 g/mol. The molecule has 0 spiro atoms. The van der Waals surface area contributed by atoms with Crippen molar-refractivity contribution in [2.45, 2.75) is 25.6 Å². The Kier molecular flexibility index (Phi) is 7.75. The highest BCUT2D eigenvalue weighted by atomic mass is 35.5. The summed E-state index contributed by atoms with van der Waals surface area (Å²) in [6.07, 6.45) is -5.94. The van der Waals surface area contributed by atoms with Crippen molar-refractivity contribution >= 4 is 29.1 Å². The van der Waals surface area contributed by atoms with Crippen molar-refractivity contribution in [3.63, 3.8) is 0 Å². The fourth-order valence-electron chi connectivity index (χ4n) is 3.69. The molecule has 4 rings (SSSR count). The van der Waals surface area contributed by atoms with Gasteiger partial charge in [-0.1, -0.05) is 23.7 Å². The van der Waals surface area contributed by atoms with Crippen molar-refractivity contribution in [3.05, 3.63) is 81.4 Å². The number of carbonyl (C=O) groups excluding carboxylic acids is 2. The summed E-state index contributed by atoms with van der Waals surface area (Å²) < 4.78 is 66.4. The highest BCUT2D eigenvalue weighted by Crippen LogP contribution is 2.41. The number of amides is 2. The van der Waals surface area contributed by atoms with Crippen LogP contribution in [0.5, 0.6) is 0 Å². The Hall–Kier alpha value is -4.91. The fraction of sp³-hybridized carbons (Fsp3) is 0.208. The third-order valence-electron chi connectivity index (χ3n) is 5.64. The molecule has 0 aliphatic rings. The Labute approximate surface area is 232 Å². The number of hydrogen-bond acceptors (Lipinski definition) is 7. The van der Waals surface area contributed by atoms with Crippen LogP contribution in [0.3, 0.4) is 0 Å². The third-order valence-corrected chi connectivity index (χ3v) is 5.96. The van der Waals surface area contributed by atoms with Gasteiger partial charge >= 0.3 is 12.1 Å². The van der Waals surface area contributed by atoms with Crippen LogP contribution in [0.2, 0.25) is 5.02 Å². The van der Waals surface area contributed by atoms with Gasteiger partial charge in [0.1, 0.15) is 12.2 Å². The van der Waals surface area contributed by atoms with E-state index in [-0.39, 0.29) is 38.9 Å². The van der Waals surface area contributed by atoms with Crippen LogP contribution >= 0.6 is 11.6 Å². The van der Waals surface area contributed by atoms with Crippen molar-refractivity contribution in [2.75, 3.05) is 12.4 Å². The lowest BCUT2D eigenvalue weighted by Gasteiger charge is -2.15. The van der Waals surface area contributed by atoms with E-state index in [1.807, 2.05) is 6.07 Å². The molecule has 0 saturated heterocycles. The molecule has 0 radical (unpaired) electrons. The van der Waals surface area contributed by atoms with E-state index < -0.39 is 36.3 Å². The van der Waals surface area contributed by atoms with Crippen LogP contribution in [0.4, 0.5) is 27.6 Å². The van der Waals surface area contributed by atoms with E-state index in [9.17, 15) is 36.8 Å². The van der Waals surface area contributed by atoms with Crippen molar-refractivity contribution in [3.8, 4) is 11.8 Å². The lowest BCUT2D eigenvalue weighted by Crippen LogP contribution is -2.35. The summed E-state index contributed by atoms with van der Waals surface area (Å²) in [6.45, 7) is 1.03. The number of hydrogen-bond donors (Lipinski definition) is 2. The number of nitrogens with one attached hydrogen (secondary N) is 2. The van der Waals surface area contributed by atoms with Crippen LogP contribution < -0.4 is 10.6 Å². The van der Waals surface area contributed by atoms with Gasteiger partial charge in [-0.15, -0.1) is 10.2 Å². The number of halogens is 6. The maximum atomic E-state index is 13.6. The largest absolute Gasteiger partial charge is 0.461 e. The number of nitriles is 1. The summed E-state index contributed by atoms with van der Waals surface area (Å²) in [6, 6.07) is 12.2. The first kappa shape index (κ1) is 29.1.